The molecule has 13 rings (SSSR count). The van der Waals surface area contributed by atoms with Gasteiger partial charge in [0, 0.05) is 51.5 Å². The molecule has 0 fully saturated rings. The average Bonchev–Trinajstić information content (AvgIpc) is 1.18. The number of aromatic nitrogens is 4. The van der Waals surface area contributed by atoms with Gasteiger partial charge in [0.1, 0.15) is 13.9 Å². The molecule has 0 radical (unpaired) electrons. The molecule has 7 heteroatoms. The molecule has 74 heavy (non-hydrogen) atoms. The van der Waals surface area contributed by atoms with Crippen LogP contribution < -0.4 is 19.7 Å². The van der Waals surface area contributed by atoms with Crippen LogP contribution in [-0.4, -0.2) is 22.2 Å². The van der Waals surface area contributed by atoms with Gasteiger partial charge in [0.05, 0.1) is 30.4 Å². The normalized spacial score (nSPS) is 15.7. The second kappa shape index (κ2) is 18.5. The minimum absolute atomic E-state index is 0. The molecule has 0 bridgehead atoms. The van der Waals surface area contributed by atoms with Gasteiger partial charge in [-0.25, -0.2) is 4.98 Å². The molecule has 5 nitrogen and oxygen atoms in total. The first kappa shape index (κ1) is 36.1. The third-order valence-electron chi connectivity index (χ3n) is 14.1. The standard InChI is InChI=1S/C67H52N4OSi.Pt/c1-67(2,3)48-37-38-68-64(41-48)71-58-30-15-12-27-52(58)53-36-35-51(43-61(53)71)72-50-26-20-25-49(42-50)69-44-70(60-32-17-16-31-59(60)69)66-56(45-21-8-6-9-22-45)39-47(40-57(66)46-23-10-7-11-24-46)65-54-28-13-18-33-62(54)73(4,5)63-34-19-14-29-55(63)65;/h6-41,65H,1-5H3;/q-2;/i6D,7D,8D,9D,10D,11D,21D,22D,23D,24D,65D;. The van der Waals surface area contributed by atoms with E-state index in [1.54, 1.807) is 27.3 Å². The van der Waals surface area contributed by atoms with E-state index in [9.17, 15) is 6.85 Å². The van der Waals surface area contributed by atoms with Crippen LogP contribution in [0.25, 0.3) is 72.3 Å². The van der Waals surface area contributed by atoms with Crippen molar-refractivity contribution in [2.45, 2.75) is 45.2 Å². The minimum Gasteiger partial charge on any atom is -0.510 e. The van der Waals surface area contributed by atoms with E-state index in [-0.39, 0.29) is 60.0 Å². The molecule has 362 valence electrons. The third kappa shape index (κ3) is 7.96. The quantitative estimate of drug-likeness (QED) is 0.0863. The van der Waals surface area contributed by atoms with Crippen LogP contribution in [0.4, 0.5) is 0 Å². The van der Waals surface area contributed by atoms with Crippen molar-refractivity contribution in [1.29, 1.82) is 0 Å². The topological polar surface area (TPSA) is 35.9 Å². The Kier molecular flexibility index (Phi) is 9.05. The summed E-state index contributed by atoms with van der Waals surface area (Å²) in [6, 6.07) is 48.9. The zero-order valence-corrected chi connectivity index (χ0v) is 44.3. The maximum absolute atomic E-state index is 11.0. The summed E-state index contributed by atoms with van der Waals surface area (Å²) >= 11 is 0. The number of nitrogens with zero attached hydrogens (tertiary/aromatic N) is 4. The first-order valence-electron chi connectivity index (χ1n) is 29.7. The van der Waals surface area contributed by atoms with Crippen LogP contribution in [0, 0.1) is 18.5 Å². The van der Waals surface area contributed by atoms with Crippen LogP contribution in [0.1, 0.15) is 64.0 Å². The molecular weight excluding hydrogens is 1100 g/mol. The molecule has 1 aliphatic rings. The van der Waals surface area contributed by atoms with Crippen molar-refractivity contribution in [3.63, 3.8) is 0 Å². The monoisotopic (exact) mass is 1160 g/mol. The van der Waals surface area contributed by atoms with Gasteiger partial charge in [0.15, 0.2) is 0 Å². The minimum atomic E-state index is -2.49. The van der Waals surface area contributed by atoms with Crippen LogP contribution in [0.3, 0.4) is 0 Å². The largest absolute Gasteiger partial charge is 0.510 e. The van der Waals surface area contributed by atoms with Gasteiger partial charge in [-0.2, -0.15) is 18.2 Å². The number of rotatable bonds is 8. The van der Waals surface area contributed by atoms with Gasteiger partial charge in [-0.3, -0.25) is 4.57 Å². The first-order chi connectivity index (χ1) is 40.1. The number of para-hydroxylation sites is 3. The second-order valence-corrected chi connectivity index (χ2v) is 24.2. The van der Waals surface area contributed by atoms with Crippen LogP contribution in [0.15, 0.2) is 218 Å². The Morgan fingerprint density at radius 1 is 0.635 bits per heavy atom. The van der Waals surface area contributed by atoms with Gasteiger partial charge in [-0.1, -0.05) is 213 Å². The summed E-state index contributed by atoms with van der Waals surface area (Å²) in [5.74, 6) is -0.257. The van der Waals surface area contributed by atoms with Crippen molar-refractivity contribution in [3.05, 3.63) is 259 Å². The van der Waals surface area contributed by atoms with Crippen molar-refractivity contribution < 1.29 is 45.4 Å². The van der Waals surface area contributed by atoms with E-state index in [1.807, 2.05) is 121 Å². The van der Waals surface area contributed by atoms with E-state index in [2.05, 4.69) is 75.1 Å². The fourth-order valence-electron chi connectivity index (χ4n) is 10.6. The Hall–Kier alpha value is -7.89. The molecule has 0 amide bonds. The van der Waals surface area contributed by atoms with Gasteiger partial charge >= 0.3 is 0 Å². The number of hydrogen-bond donors (Lipinski definition) is 0. The summed E-state index contributed by atoms with van der Waals surface area (Å²) in [6.45, 7) is 11.0. The Bertz CT molecular complexity index is 4580. The Labute approximate surface area is 463 Å². The Morgan fingerprint density at radius 3 is 1.92 bits per heavy atom. The number of benzene rings is 9. The van der Waals surface area contributed by atoms with Crippen LogP contribution in [0.2, 0.25) is 13.1 Å². The fourth-order valence-corrected chi connectivity index (χ4v) is 13.7. The van der Waals surface area contributed by atoms with Gasteiger partial charge in [-0.15, -0.1) is 29.7 Å². The van der Waals surface area contributed by atoms with Gasteiger partial charge in [-0.05, 0) is 79.2 Å². The van der Waals surface area contributed by atoms with E-state index in [1.165, 1.54) is 0 Å². The molecule has 3 aromatic heterocycles. The van der Waals surface area contributed by atoms with E-state index < -0.39 is 74.4 Å². The Morgan fingerprint density at radius 2 is 1.24 bits per heavy atom. The number of ether oxygens (including phenoxy) is 1. The molecule has 12 aromatic rings. The molecule has 0 spiro atoms. The van der Waals surface area contributed by atoms with Crippen molar-refractivity contribution in [1.82, 2.24) is 14.1 Å². The number of pyridine rings is 1. The molecule has 0 unspecified atom stereocenters. The van der Waals surface area contributed by atoms with Crippen molar-refractivity contribution in [2.75, 3.05) is 0 Å². The van der Waals surface area contributed by atoms with E-state index in [0.717, 1.165) is 43.6 Å². The molecule has 4 heterocycles. The van der Waals surface area contributed by atoms with E-state index in [4.69, 9.17) is 17.9 Å². The maximum atomic E-state index is 11.0. The van der Waals surface area contributed by atoms with Crippen LogP contribution in [0.5, 0.6) is 11.5 Å². The SMILES string of the molecule is [2H]c1c([2H])c([2H])c(-c2cc(C3([2H])c4ccccc4[Si](C)(C)c4ccccc43)cc(-c3c([2H])c([2H])c([2H])c([2H])c3[2H])c2-[n+]2[c-]n(-c3[c-]c(Oc4[c-]c5c(cc4)c4ccccc4n5-c4cc(C(C)(C)C)ccn4)ccc3)c3ccccc32)c([2H])c1[2H].[Pt]. The van der Waals surface area contributed by atoms with Gasteiger partial charge in [0.25, 0.3) is 6.33 Å². The number of fused-ring (bicyclic) bond motifs is 6. The zero-order chi connectivity index (χ0) is 59.1. The fraction of sp³-hybridized carbons (Fsp3) is 0.104. The second-order valence-electron chi connectivity index (χ2n) is 19.9. The molecule has 0 saturated carbocycles. The van der Waals surface area contributed by atoms with Crippen LogP contribution >= 0.6 is 0 Å². The van der Waals surface area contributed by atoms with Gasteiger partial charge < -0.3 is 13.9 Å². The number of imidazole rings is 1. The van der Waals surface area contributed by atoms with Gasteiger partial charge in [0.2, 0.25) is 0 Å². The molecule has 0 N–H and O–H groups in total. The number of hydrogen-bond acceptors (Lipinski definition) is 2. The van der Waals surface area contributed by atoms with E-state index >= 15 is 0 Å². The summed E-state index contributed by atoms with van der Waals surface area (Å²) in [5, 5.41) is 3.98. The summed E-state index contributed by atoms with van der Waals surface area (Å²) in [7, 11) is -2.49. The van der Waals surface area contributed by atoms with Crippen LogP contribution in [-0.2, 0) is 26.5 Å². The predicted octanol–water partition coefficient (Wildman–Crippen LogP) is 14.5. The average molecular weight is 1160 g/mol. The maximum Gasteiger partial charge on any atom is 0.268 e. The van der Waals surface area contributed by atoms with Crippen molar-refractivity contribution >= 4 is 51.3 Å². The summed E-state index contributed by atoms with van der Waals surface area (Å²) in [4.78, 5) is 4.83. The summed E-state index contributed by atoms with van der Waals surface area (Å²) in [5.41, 5.74) is 5.53. The molecule has 1 aliphatic heterocycles. The molecule has 0 aliphatic carbocycles. The molecule has 0 saturated heterocycles. The smallest absolute Gasteiger partial charge is 0.268 e. The first-order valence-corrected chi connectivity index (χ1v) is 27.2. The summed E-state index contributed by atoms with van der Waals surface area (Å²) in [6.07, 6.45) is 5.33. The zero-order valence-electron chi connectivity index (χ0n) is 52.0. The predicted molar refractivity (Wildman–Crippen MR) is 300 cm³/mol. The third-order valence-corrected chi connectivity index (χ3v) is 17.6. The Balaban J connectivity index is 0.00000709. The molecule has 0 atom stereocenters. The summed E-state index contributed by atoms with van der Waals surface area (Å²) < 4.78 is 115. The molecular formula is C67H52N4OPtSi-2. The molecule has 9 aromatic carbocycles. The van der Waals surface area contributed by atoms with Crippen molar-refractivity contribution in [3.8, 4) is 50.9 Å². The van der Waals surface area contributed by atoms with Crippen molar-refractivity contribution in [2.24, 2.45) is 0 Å². The van der Waals surface area contributed by atoms with E-state index in [0.29, 0.717) is 39.3 Å².